The summed E-state index contributed by atoms with van der Waals surface area (Å²) in [7, 11) is 0. The molecule has 9 heavy (non-hydrogen) atoms. The normalized spacial score (nSPS) is 11.6. The summed E-state index contributed by atoms with van der Waals surface area (Å²) >= 11 is 0. The number of hydrogen-bond acceptors (Lipinski definition) is 1. The number of nitrogens with zero attached hydrogens (tertiary/aromatic N) is 1. The van der Waals surface area contributed by atoms with E-state index in [0.29, 0.717) is 5.92 Å². The third kappa shape index (κ3) is 4.02. The lowest BCUT2D eigenvalue weighted by atomic mass is 9.86. The fourth-order valence-corrected chi connectivity index (χ4v) is 1.07. The molecule has 0 unspecified atom stereocenters. The highest BCUT2D eigenvalue weighted by Gasteiger charge is 2.17. The third-order valence-electron chi connectivity index (χ3n) is 1.22. The first kappa shape index (κ1) is 8.49. The second-order valence-corrected chi connectivity index (χ2v) is 3.59. The van der Waals surface area contributed by atoms with Crippen molar-refractivity contribution in [1.82, 2.24) is 0 Å². The Bertz CT molecular complexity index is 117. The molecule has 0 aromatic heterocycles. The Labute approximate surface area is 57.7 Å². The van der Waals surface area contributed by atoms with Gasteiger partial charge in [-0.1, -0.05) is 13.8 Å². The van der Waals surface area contributed by atoms with Crippen LogP contribution in [0.2, 0.25) is 0 Å². The number of rotatable bonds is 2. The lowest BCUT2D eigenvalue weighted by Gasteiger charge is -2.16. The van der Waals surface area contributed by atoms with Crippen molar-refractivity contribution in [1.29, 1.82) is 5.26 Å². The van der Waals surface area contributed by atoms with E-state index < -0.39 is 0 Å². The first-order chi connectivity index (χ1) is 3.98. The monoisotopic (exact) mass is 125 g/mol. The molecular weight excluding hydrogens is 110 g/mol. The second kappa shape index (κ2) is 2.87. The summed E-state index contributed by atoms with van der Waals surface area (Å²) in [4.78, 5) is 0. The molecule has 0 heterocycles. The standard InChI is InChI=1S/C8H15N/c1-7(2)5-8(3,4)6-9/h7H,5H2,1-4H3. The van der Waals surface area contributed by atoms with E-state index in [4.69, 9.17) is 5.26 Å². The zero-order chi connectivity index (χ0) is 7.49. The van der Waals surface area contributed by atoms with Gasteiger partial charge in [-0.15, -0.1) is 0 Å². The summed E-state index contributed by atoms with van der Waals surface area (Å²) in [6, 6.07) is 2.27. The van der Waals surface area contributed by atoms with Crippen LogP contribution in [0.25, 0.3) is 0 Å². The maximum atomic E-state index is 8.59. The van der Waals surface area contributed by atoms with Gasteiger partial charge in [-0.3, -0.25) is 0 Å². The average Bonchev–Trinajstić information content (AvgIpc) is 1.63. The van der Waals surface area contributed by atoms with Gasteiger partial charge in [-0.25, -0.2) is 0 Å². The molecule has 0 bridgehead atoms. The van der Waals surface area contributed by atoms with Crippen LogP contribution < -0.4 is 0 Å². The SMILES string of the molecule is CC(C)CC(C)(C)C#N. The first-order valence-electron chi connectivity index (χ1n) is 3.39. The van der Waals surface area contributed by atoms with Crippen LogP contribution >= 0.6 is 0 Å². The first-order valence-corrected chi connectivity index (χ1v) is 3.39. The summed E-state index contributed by atoms with van der Waals surface area (Å²) < 4.78 is 0. The van der Waals surface area contributed by atoms with Gasteiger partial charge in [0.2, 0.25) is 0 Å². The van der Waals surface area contributed by atoms with Crippen LogP contribution in [0.3, 0.4) is 0 Å². The molecule has 0 aliphatic rings. The highest BCUT2D eigenvalue weighted by Crippen LogP contribution is 2.23. The molecule has 1 heteroatoms. The van der Waals surface area contributed by atoms with Crippen LogP contribution in [-0.4, -0.2) is 0 Å². The maximum absolute atomic E-state index is 8.59. The summed E-state index contributed by atoms with van der Waals surface area (Å²) in [5, 5.41) is 8.59. The minimum atomic E-state index is -0.131. The molecule has 0 aromatic carbocycles. The highest BCUT2D eigenvalue weighted by atomic mass is 14.3. The van der Waals surface area contributed by atoms with Crippen molar-refractivity contribution >= 4 is 0 Å². The van der Waals surface area contributed by atoms with E-state index in [2.05, 4.69) is 19.9 Å². The molecule has 1 nitrogen and oxygen atoms in total. The lowest BCUT2D eigenvalue weighted by molar-refractivity contribution is 0.377. The van der Waals surface area contributed by atoms with Gasteiger partial charge in [-0.2, -0.15) is 5.26 Å². The Morgan fingerprint density at radius 1 is 1.44 bits per heavy atom. The van der Waals surface area contributed by atoms with Crippen LogP contribution in [-0.2, 0) is 0 Å². The van der Waals surface area contributed by atoms with Crippen LogP contribution in [0.1, 0.15) is 34.1 Å². The second-order valence-electron chi connectivity index (χ2n) is 3.59. The molecule has 0 N–H and O–H groups in total. The Kier molecular flexibility index (Phi) is 2.70. The topological polar surface area (TPSA) is 23.8 Å². The maximum Gasteiger partial charge on any atom is 0.0684 e. The van der Waals surface area contributed by atoms with Crippen LogP contribution in [0.15, 0.2) is 0 Å². The largest absolute Gasteiger partial charge is 0.198 e. The van der Waals surface area contributed by atoms with Gasteiger partial charge in [-0.05, 0) is 26.2 Å². The summed E-state index contributed by atoms with van der Waals surface area (Å²) in [6.45, 7) is 8.23. The van der Waals surface area contributed by atoms with Gasteiger partial charge in [0.25, 0.3) is 0 Å². The van der Waals surface area contributed by atoms with Gasteiger partial charge in [0.15, 0.2) is 0 Å². The predicted octanol–water partition coefficient (Wildman–Crippen LogP) is 2.58. The summed E-state index contributed by atoms with van der Waals surface area (Å²) in [6.07, 6.45) is 0.990. The van der Waals surface area contributed by atoms with E-state index in [1.165, 1.54) is 0 Å². The quantitative estimate of drug-likeness (QED) is 0.556. The Morgan fingerprint density at radius 3 is 2.00 bits per heavy atom. The van der Waals surface area contributed by atoms with Crippen molar-refractivity contribution in [2.45, 2.75) is 34.1 Å². The van der Waals surface area contributed by atoms with Gasteiger partial charge in [0, 0.05) is 0 Å². The molecule has 0 rings (SSSR count). The molecule has 0 saturated heterocycles. The van der Waals surface area contributed by atoms with Crippen molar-refractivity contribution in [2.75, 3.05) is 0 Å². The molecule has 0 saturated carbocycles. The van der Waals surface area contributed by atoms with Gasteiger partial charge in [0.1, 0.15) is 0 Å². The van der Waals surface area contributed by atoms with E-state index in [1.807, 2.05) is 13.8 Å². The Hall–Kier alpha value is -0.510. The zero-order valence-electron chi connectivity index (χ0n) is 6.73. The van der Waals surface area contributed by atoms with Gasteiger partial charge < -0.3 is 0 Å². The van der Waals surface area contributed by atoms with E-state index in [0.717, 1.165) is 6.42 Å². The van der Waals surface area contributed by atoms with Gasteiger partial charge in [0.05, 0.1) is 11.5 Å². The molecule has 0 aliphatic heterocycles. The average molecular weight is 125 g/mol. The molecular formula is C8H15N. The minimum Gasteiger partial charge on any atom is -0.198 e. The van der Waals surface area contributed by atoms with E-state index in [1.54, 1.807) is 0 Å². The predicted molar refractivity (Wildman–Crippen MR) is 38.8 cm³/mol. The molecule has 52 valence electrons. The molecule has 0 amide bonds. The van der Waals surface area contributed by atoms with Crippen molar-refractivity contribution in [3.63, 3.8) is 0 Å². The molecule has 0 atom stereocenters. The molecule has 0 fully saturated rings. The van der Waals surface area contributed by atoms with Crippen LogP contribution in [0.4, 0.5) is 0 Å². The summed E-state index contributed by atoms with van der Waals surface area (Å²) in [5.74, 6) is 0.625. The van der Waals surface area contributed by atoms with E-state index >= 15 is 0 Å². The Morgan fingerprint density at radius 2 is 1.89 bits per heavy atom. The number of nitriles is 1. The van der Waals surface area contributed by atoms with Crippen LogP contribution in [0, 0.1) is 22.7 Å². The van der Waals surface area contributed by atoms with Crippen molar-refractivity contribution in [3.05, 3.63) is 0 Å². The van der Waals surface area contributed by atoms with Crippen molar-refractivity contribution in [2.24, 2.45) is 11.3 Å². The molecule has 0 aromatic rings. The highest BCUT2D eigenvalue weighted by molar-refractivity contribution is 4.91. The van der Waals surface area contributed by atoms with Crippen molar-refractivity contribution < 1.29 is 0 Å². The Balaban J connectivity index is 3.76. The van der Waals surface area contributed by atoms with Crippen LogP contribution in [0.5, 0.6) is 0 Å². The zero-order valence-corrected chi connectivity index (χ0v) is 6.73. The number of hydrogen-bond donors (Lipinski definition) is 0. The van der Waals surface area contributed by atoms with E-state index in [9.17, 15) is 0 Å². The molecule has 0 aliphatic carbocycles. The lowest BCUT2D eigenvalue weighted by Crippen LogP contribution is -2.10. The van der Waals surface area contributed by atoms with Crippen molar-refractivity contribution in [3.8, 4) is 6.07 Å². The fraction of sp³-hybridized carbons (Fsp3) is 0.875. The van der Waals surface area contributed by atoms with Gasteiger partial charge >= 0.3 is 0 Å². The third-order valence-corrected chi connectivity index (χ3v) is 1.22. The molecule has 0 radical (unpaired) electrons. The fourth-order valence-electron chi connectivity index (χ4n) is 1.07. The van der Waals surface area contributed by atoms with E-state index in [-0.39, 0.29) is 5.41 Å². The summed E-state index contributed by atoms with van der Waals surface area (Å²) in [5.41, 5.74) is -0.131. The smallest absolute Gasteiger partial charge is 0.0684 e. The minimum absolute atomic E-state index is 0.131. The molecule has 0 spiro atoms.